The molecule has 0 spiro atoms. The van der Waals surface area contributed by atoms with Crippen LogP contribution in [0.4, 0.5) is 0 Å². The Balaban J connectivity index is 1.86. The Morgan fingerprint density at radius 1 is 1.24 bits per heavy atom. The summed E-state index contributed by atoms with van der Waals surface area (Å²) in [6.45, 7) is 5.16. The molecule has 1 heterocycles. The molecule has 3 rings (SSSR count). The summed E-state index contributed by atoms with van der Waals surface area (Å²) in [5.41, 5.74) is 8.43. The molecule has 2 aromatic rings. The number of hydrogen-bond acceptors (Lipinski definition) is 3. The topological polar surface area (TPSA) is 42.2 Å². The van der Waals surface area contributed by atoms with Gasteiger partial charge in [-0.3, -0.25) is 9.88 Å². The van der Waals surface area contributed by atoms with E-state index in [1.807, 2.05) is 6.20 Å². The molecular weight excluding hydrogens is 258 g/mol. The fourth-order valence-electron chi connectivity index (χ4n) is 3.75. The van der Waals surface area contributed by atoms with Crippen LogP contribution >= 0.6 is 0 Å². The zero-order chi connectivity index (χ0) is 14.7. The van der Waals surface area contributed by atoms with Crippen LogP contribution in [0.15, 0.2) is 36.5 Å². The average Bonchev–Trinajstić information content (AvgIpc) is 3.01. The second kappa shape index (κ2) is 6.54. The molecule has 112 valence electrons. The van der Waals surface area contributed by atoms with Gasteiger partial charge in [0.15, 0.2) is 0 Å². The second-order valence-electron chi connectivity index (χ2n) is 6.04. The van der Waals surface area contributed by atoms with Crippen LogP contribution in [-0.4, -0.2) is 29.0 Å². The van der Waals surface area contributed by atoms with Crippen molar-refractivity contribution in [3.05, 3.63) is 42.1 Å². The summed E-state index contributed by atoms with van der Waals surface area (Å²) >= 11 is 0. The van der Waals surface area contributed by atoms with Gasteiger partial charge in [0, 0.05) is 24.2 Å². The summed E-state index contributed by atoms with van der Waals surface area (Å²) in [5, 5.41) is 1.28. The smallest absolute Gasteiger partial charge is 0.0705 e. The Labute approximate surface area is 127 Å². The standard InChI is InChI=1S/C18H25N3/c1-2-21(18-9-5-6-14(18)12-19)13-15-10-11-20-17-8-4-3-7-16(15)17/h3-4,7-8,10-11,14,18H,2,5-6,9,12-13,19H2,1H3. The highest BCUT2D eigenvalue weighted by Crippen LogP contribution is 2.30. The Bertz CT molecular complexity index is 591. The van der Waals surface area contributed by atoms with Crippen LogP contribution in [-0.2, 0) is 6.54 Å². The minimum absolute atomic E-state index is 0.645. The molecule has 3 nitrogen and oxygen atoms in total. The van der Waals surface area contributed by atoms with Gasteiger partial charge in [-0.2, -0.15) is 0 Å². The molecule has 21 heavy (non-hydrogen) atoms. The van der Waals surface area contributed by atoms with Gasteiger partial charge in [0.1, 0.15) is 0 Å². The summed E-state index contributed by atoms with van der Waals surface area (Å²) in [4.78, 5) is 7.07. The highest BCUT2D eigenvalue weighted by atomic mass is 15.2. The van der Waals surface area contributed by atoms with Crippen LogP contribution in [0.2, 0.25) is 0 Å². The molecular formula is C18H25N3. The minimum atomic E-state index is 0.645. The van der Waals surface area contributed by atoms with Crippen LogP contribution in [0.25, 0.3) is 10.9 Å². The number of pyridine rings is 1. The lowest BCUT2D eigenvalue weighted by atomic mass is 10.0. The van der Waals surface area contributed by atoms with Crippen LogP contribution in [0.5, 0.6) is 0 Å². The van der Waals surface area contributed by atoms with Crippen molar-refractivity contribution in [2.45, 2.75) is 38.8 Å². The molecule has 3 heteroatoms. The van der Waals surface area contributed by atoms with Crippen LogP contribution in [0.1, 0.15) is 31.7 Å². The van der Waals surface area contributed by atoms with Gasteiger partial charge < -0.3 is 5.73 Å². The first-order valence-electron chi connectivity index (χ1n) is 8.10. The Morgan fingerprint density at radius 3 is 2.90 bits per heavy atom. The lowest BCUT2D eigenvalue weighted by molar-refractivity contribution is 0.163. The van der Waals surface area contributed by atoms with Gasteiger partial charge in [-0.05, 0) is 49.5 Å². The summed E-state index contributed by atoms with van der Waals surface area (Å²) in [7, 11) is 0. The maximum atomic E-state index is 5.96. The van der Waals surface area contributed by atoms with Gasteiger partial charge in [0.2, 0.25) is 0 Å². The van der Waals surface area contributed by atoms with Gasteiger partial charge >= 0.3 is 0 Å². The lowest BCUT2D eigenvalue weighted by Gasteiger charge is -2.32. The van der Waals surface area contributed by atoms with Crippen LogP contribution in [0.3, 0.4) is 0 Å². The number of nitrogens with two attached hydrogens (primary N) is 1. The third kappa shape index (κ3) is 2.94. The van der Waals surface area contributed by atoms with Crippen molar-refractivity contribution in [3.8, 4) is 0 Å². The number of para-hydroxylation sites is 1. The third-order valence-corrected chi connectivity index (χ3v) is 4.91. The third-order valence-electron chi connectivity index (χ3n) is 4.91. The van der Waals surface area contributed by atoms with E-state index in [1.165, 1.54) is 30.2 Å². The van der Waals surface area contributed by atoms with Gasteiger partial charge in [0.25, 0.3) is 0 Å². The van der Waals surface area contributed by atoms with E-state index in [2.05, 4.69) is 47.1 Å². The second-order valence-corrected chi connectivity index (χ2v) is 6.04. The molecule has 1 aliphatic rings. The fraction of sp³-hybridized carbons (Fsp3) is 0.500. The molecule has 2 unspecified atom stereocenters. The molecule has 0 radical (unpaired) electrons. The summed E-state index contributed by atoms with van der Waals surface area (Å²) in [5.74, 6) is 0.665. The number of nitrogens with zero attached hydrogens (tertiary/aromatic N) is 2. The highest BCUT2D eigenvalue weighted by molar-refractivity contribution is 5.81. The Kier molecular flexibility index (Phi) is 4.51. The summed E-state index contributed by atoms with van der Waals surface area (Å²) in [6.07, 6.45) is 5.83. The zero-order valence-corrected chi connectivity index (χ0v) is 12.8. The highest BCUT2D eigenvalue weighted by Gasteiger charge is 2.30. The maximum absolute atomic E-state index is 5.96. The Hall–Kier alpha value is -1.45. The van der Waals surface area contributed by atoms with E-state index in [-0.39, 0.29) is 0 Å². The van der Waals surface area contributed by atoms with Crippen molar-refractivity contribution < 1.29 is 0 Å². The molecule has 0 amide bonds. The number of rotatable bonds is 5. The number of fused-ring (bicyclic) bond motifs is 1. The van der Waals surface area contributed by atoms with E-state index in [4.69, 9.17) is 5.73 Å². The molecule has 1 aromatic carbocycles. The van der Waals surface area contributed by atoms with Gasteiger partial charge in [-0.25, -0.2) is 0 Å². The van der Waals surface area contributed by atoms with Crippen LogP contribution < -0.4 is 5.73 Å². The van der Waals surface area contributed by atoms with Crippen LogP contribution in [0, 0.1) is 5.92 Å². The molecule has 1 aliphatic carbocycles. The number of benzene rings is 1. The molecule has 1 fully saturated rings. The van der Waals surface area contributed by atoms with Crippen molar-refractivity contribution in [3.63, 3.8) is 0 Å². The minimum Gasteiger partial charge on any atom is -0.330 e. The lowest BCUT2D eigenvalue weighted by Crippen LogP contribution is -2.39. The molecule has 1 saturated carbocycles. The SMILES string of the molecule is CCN(Cc1ccnc2ccccc12)C1CCCC1CN. The van der Waals surface area contributed by atoms with Gasteiger partial charge in [0.05, 0.1) is 5.52 Å². The van der Waals surface area contributed by atoms with Crippen molar-refractivity contribution >= 4 is 10.9 Å². The molecule has 2 N–H and O–H groups in total. The predicted molar refractivity (Wildman–Crippen MR) is 88.0 cm³/mol. The van der Waals surface area contributed by atoms with Gasteiger partial charge in [-0.1, -0.05) is 31.5 Å². The van der Waals surface area contributed by atoms with E-state index in [9.17, 15) is 0 Å². The van der Waals surface area contributed by atoms with E-state index in [0.29, 0.717) is 12.0 Å². The van der Waals surface area contributed by atoms with Crippen molar-refractivity contribution in [1.82, 2.24) is 9.88 Å². The number of aromatic nitrogens is 1. The average molecular weight is 283 g/mol. The molecule has 1 aromatic heterocycles. The fourth-order valence-corrected chi connectivity index (χ4v) is 3.75. The molecule has 0 aliphatic heterocycles. The van der Waals surface area contributed by atoms with Crippen molar-refractivity contribution in [1.29, 1.82) is 0 Å². The van der Waals surface area contributed by atoms with Gasteiger partial charge in [-0.15, -0.1) is 0 Å². The largest absolute Gasteiger partial charge is 0.330 e. The van der Waals surface area contributed by atoms with E-state index in [1.54, 1.807) is 0 Å². The first kappa shape index (κ1) is 14.5. The Morgan fingerprint density at radius 2 is 2.10 bits per heavy atom. The quantitative estimate of drug-likeness (QED) is 0.916. The predicted octanol–water partition coefficient (Wildman–Crippen LogP) is 3.18. The maximum Gasteiger partial charge on any atom is 0.0705 e. The zero-order valence-electron chi connectivity index (χ0n) is 12.8. The summed E-state index contributed by atoms with van der Waals surface area (Å²) < 4.78 is 0. The van der Waals surface area contributed by atoms with E-state index in [0.717, 1.165) is 25.2 Å². The summed E-state index contributed by atoms with van der Waals surface area (Å²) in [6, 6.07) is 11.2. The monoisotopic (exact) mass is 283 g/mol. The first-order valence-corrected chi connectivity index (χ1v) is 8.10. The molecule has 0 bridgehead atoms. The van der Waals surface area contributed by atoms with Crippen molar-refractivity contribution in [2.24, 2.45) is 11.7 Å². The number of hydrogen-bond donors (Lipinski definition) is 1. The van der Waals surface area contributed by atoms with E-state index < -0.39 is 0 Å². The van der Waals surface area contributed by atoms with Crippen molar-refractivity contribution in [2.75, 3.05) is 13.1 Å². The molecule has 0 saturated heterocycles. The first-order chi connectivity index (χ1) is 10.3. The van der Waals surface area contributed by atoms with E-state index >= 15 is 0 Å². The normalized spacial score (nSPS) is 22.2. The molecule has 2 atom stereocenters.